The van der Waals surface area contributed by atoms with Gasteiger partial charge in [0, 0.05) is 15.2 Å². The Morgan fingerprint density at radius 1 is 0.800 bits per heavy atom. The summed E-state index contributed by atoms with van der Waals surface area (Å²) in [6.07, 6.45) is 1.33. The number of aliphatic hydroxyl groups excluding tert-OH is 1. The number of halogens is 1. The minimum absolute atomic E-state index is 0.0729. The Hall–Kier alpha value is -1.74. The Morgan fingerprint density at radius 3 is 2.04 bits per heavy atom. The Bertz CT molecular complexity index is 759. The van der Waals surface area contributed by atoms with Gasteiger partial charge in [0.25, 0.3) is 0 Å². The second kappa shape index (κ2) is 9.10. The van der Waals surface area contributed by atoms with Crippen molar-refractivity contribution < 1.29 is 5.11 Å². The Kier molecular flexibility index (Phi) is 6.57. The van der Waals surface area contributed by atoms with Crippen LogP contribution in [0.1, 0.15) is 23.7 Å². The number of hydrogen-bond donors (Lipinski definition) is 1. The van der Waals surface area contributed by atoms with Gasteiger partial charge in [0.15, 0.2) is 0 Å². The van der Waals surface area contributed by atoms with Gasteiger partial charge in [-0.25, -0.2) is 0 Å². The Balaban J connectivity index is 1.76. The van der Waals surface area contributed by atoms with Crippen LogP contribution in [-0.4, -0.2) is 10.4 Å². The molecule has 0 aromatic heterocycles. The Morgan fingerprint density at radius 2 is 1.40 bits per heavy atom. The molecule has 2 unspecified atom stereocenters. The molecule has 0 spiro atoms. The fourth-order valence-corrected chi connectivity index (χ4v) is 4.08. The van der Waals surface area contributed by atoms with Gasteiger partial charge in [0.2, 0.25) is 0 Å². The quantitative estimate of drug-likeness (QED) is 0.503. The van der Waals surface area contributed by atoms with E-state index in [1.165, 1.54) is 5.56 Å². The van der Waals surface area contributed by atoms with Crippen molar-refractivity contribution in [1.29, 1.82) is 0 Å². The average Bonchev–Trinajstić information content (AvgIpc) is 2.67. The zero-order chi connectivity index (χ0) is 17.5. The number of aliphatic hydroxyl groups is 1. The Labute approximate surface area is 158 Å². The lowest BCUT2D eigenvalue weighted by Crippen LogP contribution is -2.16. The van der Waals surface area contributed by atoms with E-state index in [-0.39, 0.29) is 5.25 Å². The van der Waals surface area contributed by atoms with Gasteiger partial charge in [0.1, 0.15) is 0 Å². The molecule has 3 heteroatoms. The normalized spacial score (nSPS) is 13.4. The maximum absolute atomic E-state index is 10.9. The molecule has 3 aromatic rings. The van der Waals surface area contributed by atoms with Crippen LogP contribution in [0.5, 0.6) is 0 Å². The molecule has 0 bridgehead atoms. The fourth-order valence-electron chi connectivity index (χ4n) is 2.79. The first kappa shape index (κ1) is 18.1. The topological polar surface area (TPSA) is 20.2 Å². The van der Waals surface area contributed by atoms with E-state index < -0.39 is 6.10 Å². The standard InChI is InChI=1S/C22H21ClOS/c23-19-12-14-20(15-13-19)25-21(16-11-17-7-3-1-4-8-17)22(24)18-9-5-2-6-10-18/h1-10,12-15,21-22,24H,11,16H2. The van der Waals surface area contributed by atoms with E-state index in [1.807, 2.05) is 60.7 Å². The number of aryl methyl sites for hydroxylation is 1. The van der Waals surface area contributed by atoms with E-state index in [9.17, 15) is 5.11 Å². The highest BCUT2D eigenvalue weighted by Crippen LogP contribution is 2.35. The van der Waals surface area contributed by atoms with E-state index in [1.54, 1.807) is 11.8 Å². The average molecular weight is 369 g/mol. The van der Waals surface area contributed by atoms with Crippen molar-refractivity contribution in [2.45, 2.75) is 29.1 Å². The number of hydrogen-bond acceptors (Lipinski definition) is 2. The maximum Gasteiger partial charge on any atom is 0.0912 e. The summed E-state index contributed by atoms with van der Waals surface area (Å²) in [6.45, 7) is 0. The molecule has 1 nitrogen and oxygen atoms in total. The molecule has 1 N–H and O–H groups in total. The number of thioether (sulfide) groups is 1. The molecule has 3 aromatic carbocycles. The molecule has 0 fully saturated rings. The molecule has 0 aliphatic heterocycles. The van der Waals surface area contributed by atoms with Crippen LogP contribution in [0.3, 0.4) is 0 Å². The summed E-state index contributed by atoms with van der Waals surface area (Å²) in [5, 5.41) is 11.7. The molecule has 2 atom stereocenters. The monoisotopic (exact) mass is 368 g/mol. The van der Waals surface area contributed by atoms with Crippen molar-refractivity contribution in [2.24, 2.45) is 0 Å². The minimum atomic E-state index is -0.509. The van der Waals surface area contributed by atoms with E-state index in [4.69, 9.17) is 11.6 Å². The van der Waals surface area contributed by atoms with Crippen molar-refractivity contribution >= 4 is 23.4 Å². The van der Waals surface area contributed by atoms with Gasteiger partial charge in [-0.1, -0.05) is 72.3 Å². The molecule has 0 aliphatic carbocycles. The van der Waals surface area contributed by atoms with E-state index in [2.05, 4.69) is 24.3 Å². The predicted molar refractivity (Wildman–Crippen MR) is 107 cm³/mol. The fraction of sp³-hybridized carbons (Fsp3) is 0.182. The smallest absolute Gasteiger partial charge is 0.0912 e. The van der Waals surface area contributed by atoms with Gasteiger partial charge >= 0.3 is 0 Å². The van der Waals surface area contributed by atoms with Crippen molar-refractivity contribution in [2.75, 3.05) is 0 Å². The van der Waals surface area contributed by atoms with Gasteiger partial charge in [-0.05, 0) is 48.2 Å². The summed E-state index contributed by atoms with van der Waals surface area (Å²) in [5.41, 5.74) is 2.26. The van der Waals surface area contributed by atoms with Crippen LogP contribution < -0.4 is 0 Å². The molecule has 0 saturated carbocycles. The van der Waals surface area contributed by atoms with E-state index >= 15 is 0 Å². The van der Waals surface area contributed by atoms with Crippen molar-refractivity contribution in [1.82, 2.24) is 0 Å². The molecular weight excluding hydrogens is 348 g/mol. The zero-order valence-corrected chi connectivity index (χ0v) is 15.5. The van der Waals surface area contributed by atoms with Gasteiger partial charge in [-0.15, -0.1) is 11.8 Å². The summed E-state index contributed by atoms with van der Waals surface area (Å²) in [7, 11) is 0. The number of rotatable bonds is 7. The third-order valence-electron chi connectivity index (χ3n) is 4.15. The van der Waals surface area contributed by atoms with Gasteiger partial charge in [-0.3, -0.25) is 0 Å². The lowest BCUT2D eigenvalue weighted by atomic mass is 10.0. The SMILES string of the molecule is OC(c1ccccc1)C(CCc1ccccc1)Sc1ccc(Cl)cc1. The summed E-state index contributed by atoms with van der Waals surface area (Å²) in [4.78, 5) is 1.12. The second-order valence-corrected chi connectivity index (χ2v) is 7.74. The van der Waals surface area contributed by atoms with Crippen LogP contribution in [0.15, 0.2) is 89.8 Å². The van der Waals surface area contributed by atoms with Gasteiger partial charge < -0.3 is 5.11 Å². The summed E-state index contributed by atoms with van der Waals surface area (Å²) in [6, 6.07) is 28.1. The lowest BCUT2D eigenvalue weighted by molar-refractivity contribution is 0.171. The summed E-state index contributed by atoms with van der Waals surface area (Å²) >= 11 is 7.70. The van der Waals surface area contributed by atoms with Gasteiger partial charge in [0.05, 0.1) is 6.10 Å². The van der Waals surface area contributed by atoms with Gasteiger partial charge in [-0.2, -0.15) is 0 Å². The molecule has 0 amide bonds. The molecule has 25 heavy (non-hydrogen) atoms. The third-order valence-corrected chi connectivity index (χ3v) is 5.75. The van der Waals surface area contributed by atoms with Crippen LogP contribution in [0.4, 0.5) is 0 Å². The lowest BCUT2D eigenvalue weighted by Gasteiger charge is -2.23. The van der Waals surface area contributed by atoms with Crippen molar-refractivity contribution in [3.8, 4) is 0 Å². The summed E-state index contributed by atoms with van der Waals surface area (Å²) in [5.74, 6) is 0. The highest BCUT2D eigenvalue weighted by Gasteiger charge is 2.22. The molecule has 0 heterocycles. The highest BCUT2D eigenvalue weighted by atomic mass is 35.5. The first-order valence-electron chi connectivity index (χ1n) is 8.41. The highest BCUT2D eigenvalue weighted by molar-refractivity contribution is 8.00. The van der Waals surface area contributed by atoms with Crippen LogP contribution in [0.2, 0.25) is 5.02 Å². The molecule has 0 aliphatic rings. The zero-order valence-electron chi connectivity index (χ0n) is 13.9. The first-order chi connectivity index (χ1) is 12.2. The maximum atomic E-state index is 10.9. The largest absolute Gasteiger partial charge is 0.387 e. The second-order valence-electron chi connectivity index (χ2n) is 5.99. The number of benzene rings is 3. The van der Waals surface area contributed by atoms with Crippen LogP contribution in [-0.2, 0) is 6.42 Å². The van der Waals surface area contributed by atoms with Crippen molar-refractivity contribution in [3.63, 3.8) is 0 Å². The first-order valence-corrected chi connectivity index (χ1v) is 9.67. The van der Waals surface area contributed by atoms with Crippen molar-refractivity contribution in [3.05, 3.63) is 101 Å². The summed E-state index contributed by atoms with van der Waals surface area (Å²) < 4.78 is 0. The molecule has 0 radical (unpaired) electrons. The predicted octanol–water partition coefficient (Wildman–Crippen LogP) is 6.17. The minimum Gasteiger partial charge on any atom is -0.387 e. The van der Waals surface area contributed by atoms with Crippen LogP contribution in [0, 0.1) is 0 Å². The van der Waals surface area contributed by atoms with Crippen LogP contribution >= 0.6 is 23.4 Å². The van der Waals surface area contributed by atoms with E-state index in [0.29, 0.717) is 0 Å². The molecule has 128 valence electrons. The third kappa shape index (κ3) is 5.37. The molecule has 0 saturated heterocycles. The molecule has 3 rings (SSSR count). The van der Waals surface area contributed by atoms with E-state index in [0.717, 1.165) is 28.3 Å². The van der Waals surface area contributed by atoms with Crippen LogP contribution in [0.25, 0.3) is 0 Å². The molecular formula is C22H21ClOS.